The van der Waals surface area contributed by atoms with E-state index in [-0.39, 0.29) is 24.8 Å². The van der Waals surface area contributed by atoms with Crippen LogP contribution in [0.1, 0.15) is 28.7 Å². The molecule has 0 nitrogen and oxygen atoms in total. The first-order valence-electron chi connectivity index (χ1n) is 8.49. The van der Waals surface area contributed by atoms with Gasteiger partial charge in [0.05, 0.1) is 0 Å². The predicted molar refractivity (Wildman–Crippen MR) is 99.6 cm³/mol. The molecule has 128 valence electrons. The molecule has 1 aromatic rings. The largest absolute Gasteiger partial charge is 1.00 e. The van der Waals surface area contributed by atoms with Crippen LogP contribution in [0.15, 0.2) is 51.9 Å². The van der Waals surface area contributed by atoms with Gasteiger partial charge in [0.15, 0.2) is 0 Å². The molecule has 0 spiro atoms. The molecule has 0 aromatic heterocycles. The second kappa shape index (κ2) is 6.40. The van der Waals surface area contributed by atoms with Gasteiger partial charge >= 0.3 is 139 Å². The fourth-order valence-electron chi connectivity index (χ4n) is 5.70. The monoisotopic (exact) mass is 428 g/mol. The van der Waals surface area contributed by atoms with Gasteiger partial charge in [0.1, 0.15) is 0 Å². The molecule has 0 N–H and O–H groups in total. The number of rotatable bonds is 2. The van der Waals surface area contributed by atoms with E-state index in [2.05, 4.69) is 81.7 Å². The number of hydrogen-bond donors (Lipinski definition) is 0. The molecule has 1 heterocycles. The average Bonchev–Trinajstić information content (AvgIpc) is 2.94. The van der Waals surface area contributed by atoms with E-state index in [4.69, 9.17) is 0 Å². The molecular weight excluding hydrogens is 403 g/mol. The molecule has 0 bridgehead atoms. The van der Waals surface area contributed by atoms with Crippen molar-refractivity contribution in [1.82, 2.24) is 0 Å². The van der Waals surface area contributed by atoms with Crippen molar-refractivity contribution in [3.63, 3.8) is 0 Å². The van der Waals surface area contributed by atoms with Gasteiger partial charge in [-0.05, 0) is 0 Å². The molecule has 3 aliphatic rings. The van der Waals surface area contributed by atoms with Gasteiger partial charge in [0, 0.05) is 0 Å². The molecule has 24 heavy (non-hydrogen) atoms. The first-order valence-corrected chi connectivity index (χ1v) is 21.9. The third-order valence-electron chi connectivity index (χ3n) is 7.29. The summed E-state index contributed by atoms with van der Waals surface area (Å²) in [5.74, 6) is 0. The maximum absolute atomic E-state index is 2.75. The van der Waals surface area contributed by atoms with E-state index < -0.39 is 26.0 Å². The SMILES string of the molecule is CC1=CC[C]([Ti+2]2([CH]3C=Cc4ccccc43)[Si](C)(C)[Si]2(C)C)=C1.[Cl-].[Cl-]. The Balaban J connectivity index is 0.00000104. The Kier molecular flexibility index (Phi) is 5.46. The fourth-order valence-corrected chi connectivity index (χ4v) is 114. The normalized spacial score (nSPS) is 25.3. The first-order chi connectivity index (χ1) is 10.3. The van der Waals surface area contributed by atoms with Gasteiger partial charge in [0.2, 0.25) is 0 Å². The van der Waals surface area contributed by atoms with Crippen molar-refractivity contribution in [3.8, 4) is 0 Å². The van der Waals surface area contributed by atoms with Crippen LogP contribution in [0, 0.1) is 0 Å². The van der Waals surface area contributed by atoms with E-state index in [1.165, 1.54) is 17.6 Å². The van der Waals surface area contributed by atoms with E-state index >= 15 is 0 Å². The van der Waals surface area contributed by atoms with Gasteiger partial charge in [-0.2, -0.15) is 0 Å². The van der Waals surface area contributed by atoms with Crippen molar-refractivity contribution in [2.24, 2.45) is 0 Å². The van der Waals surface area contributed by atoms with Crippen molar-refractivity contribution >= 4 is 17.0 Å². The molecule has 1 unspecified atom stereocenters. The van der Waals surface area contributed by atoms with E-state index in [9.17, 15) is 0 Å². The molecule has 1 aliphatic heterocycles. The van der Waals surface area contributed by atoms with Crippen molar-refractivity contribution in [2.45, 2.75) is 43.8 Å². The summed E-state index contributed by atoms with van der Waals surface area (Å²) in [7, 11) is 0. The van der Waals surface area contributed by atoms with E-state index in [1.54, 1.807) is 5.56 Å². The van der Waals surface area contributed by atoms with Crippen LogP contribution in [0.5, 0.6) is 0 Å². The number of fused-ring (bicyclic) bond motifs is 1. The number of halogens is 2. The first kappa shape index (κ1) is 20.5. The Labute approximate surface area is 162 Å². The van der Waals surface area contributed by atoms with Crippen LogP contribution in [0.25, 0.3) is 6.08 Å². The molecule has 0 radical (unpaired) electrons. The smallest absolute Gasteiger partial charge is 1.00 e. The van der Waals surface area contributed by atoms with Crippen molar-refractivity contribution in [3.05, 3.63) is 63.1 Å². The summed E-state index contributed by atoms with van der Waals surface area (Å²) in [6, 6.07) is 9.20. The summed E-state index contributed by atoms with van der Waals surface area (Å²) in [4.78, 5) is 0. The van der Waals surface area contributed by atoms with Crippen molar-refractivity contribution in [2.75, 3.05) is 0 Å². The van der Waals surface area contributed by atoms with Gasteiger partial charge in [-0.1, -0.05) is 0 Å². The summed E-state index contributed by atoms with van der Waals surface area (Å²) in [6.45, 7) is 13.3. The second-order valence-corrected chi connectivity index (χ2v) is 51.8. The predicted octanol–water partition coefficient (Wildman–Crippen LogP) is -0.347. The Hall–Kier alpha value is 0.168. The van der Waals surface area contributed by atoms with E-state index in [1.807, 2.05) is 3.88 Å². The van der Waals surface area contributed by atoms with E-state index in [0.717, 1.165) is 4.22 Å². The number of benzene rings is 1. The van der Waals surface area contributed by atoms with Gasteiger partial charge < -0.3 is 24.8 Å². The van der Waals surface area contributed by atoms with Gasteiger partial charge in [0.25, 0.3) is 0 Å². The summed E-state index contributed by atoms with van der Waals surface area (Å²) in [5.41, 5.74) is 2.65. The van der Waals surface area contributed by atoms with Crippen molar-refractivity contribution in [1.29, 1.82) is 0 Å². The molecule has 1 atom stereocenters. The maximum Gasteiger partial charge on any atom is -1.00 e. The molecule has 1 saturated heterocycles. The number of hydrogen-bond acceptors (Lipinski definition) is 0. The second-order valence-electron chi connectivity index (χ2n) is 8.35. The summed E-state index contributed by atoms with van der Waals surface area (Å²) >= 11 is -1.99. The molecule has 0 saturated carbocycles. The zero-order valence-corrected chi connectivity index (χ0v) is 20.2. The van der Waals surface area contributed by atoms with Crippen LogP contribution in [-0.4, -0.2) is 10.9 Å². The van der Waals surface area contributed by atoms with Crippen LogP contribution >= 0.6 is 0 Å². The Morgan fingerprint density at radius 3 is 2.17 bits per heavy atom. The molecule has 0 amide bonds. The Morgan fingerprint density at radius 1 is 1.00 bits per heavy atom. The minimum atomic E-state index is -1.99. The quantitative estimate of drug-likeness (QED) is 0.565. The fraction of sp³-hybridized carbons (Fsp3) is 0.368. The topological polar surface area (TPSA) is 0 Å². The Bertz CT molecular complexity index is 748. The van der Waals surface area contributed by atoms with Crippen LogP contribution in [0.2, 0.25) is 26.2 Å². The maximum atomic E-state index is 2.75. The van der Waals surface area contributed by atoms with Gasteiger partial charge in [-0.25, -0.2) is 0 Å². The van der Waals surface area contributed by atoms with Crippen LogP contribution in [0.4, 0.5) is 0 Å². The molecule has 5 heteroatoms. The number of allylic oxidation sites excluding steroid dienone is 5. The zero-order chi connectivity index (χ0) is 15.8. The van der Waals surface area contributed by atoms with Crippen LogP contribution in [-0.2, 0) is 15.1 Å². The Morgan fingerprint density at radius 2 is 1.62 bits per heavy atom. The zero-order valence-electron chi connectivity index (χ0n) is 15.2. The average molecular weight is 429 g/mol. The van der Waals surface area contributed by atoms with Gasteiger partial charge in [-0.15, -0.1) is 0 Å². The summed E-state index contributed by atoms with van der Waals surface area (Å²) < 4.78 is 2.78. The molecule has 1 fully saturated rings. The van der Waals surface area contributed by atoms with Crippen LogP contribution in [0.3, 0.4) is 0 Å². The van der Waals surface area contributed by atoms with Crippen molar-refractivity contribution < 1.29 is 39.9 Å². The molecule has 2 aliphatic carbocycles. The summed E-state index contributed by atoms with van der Waals surface area (Å²) in [6.07, 6.45) is 11.4. The third-order valence-corrected chi connectivity index (χ3v) is 87.5. The molecule has 1 aromatic carbocycles. The summed E-state index contributed by atoms with van der Waals surface area (Å²) in [5, 5.41) is 0. The molecular formula is C19H26Cl2Si2Ti. The minimum Gasteiger partial charge on any atom is -1.00 e. The molecule has 4 rings (SSSR count). The van der Waals surface area contributed by atoms with Gasteiger partial charge in [-0.3, -0.25) is 0 Å². The van der Waals surface area contributed by atoms with E-state index in [0.29, 0.717) is 0 Å². The minimum absolute atomic E-state index is 0. The third kappa shape index (κ3) is 2.27. The van der Waals surface area contributed by atoms with Crippen LogP contribution < -0.4 is 24.8 Å². The standard InChI is InChI=1S/C9H7.C6H7.C4H12Si2.2ClH.Ti/c1-2-5-9-7-3-6-8(9)4-1;1-6-4-2-3-5-6;1-5(2)6(3)4;;;/h1-7H;4-5H,2H2,1H3;1-4H3;2*1H;/q;;;;;+2/p-2.